The molecule has 0 saturated heterocycles. The van der Waals surface area contributed by atoms with Crippen LogP contribution in [0.2, 0.25) is 0 Å². The molecule has 0 fully saturated rings. The molecule has 0 unspecified atom stereocenters. The molecule has 0 aliphatic rings. The highest BCUT2D eigenvalue weighted by atomic mass is 127. The fraction of sp³-hybridized carbons (Fsp3) is 0.167. The lowest BCUT2D eigenvalue weighted by molar-refractivity contribution is 0.393. The van der Waals surface area contributed by atoms with E-state index in [0.29, 0.717) is 9.58 Å². The second-order valence-corrected chi connectivity index (χ2v) is 2.76. The van der Waals surface area contributed by atoms with Crippen LogP contribution in [0.1, 0.15) is 0 Å². The van der Waals surface area contributed by atoms with Gasteiger partial charge in [-0.3, -0.25) is 0 Å². The van der Waals surface area contributed by atoms with E-state index in [2.05, 4.69) is 4.98 Å². The molecule has 0 spiro atoms. The molecule has 4 heteroatoms. The third kappa shape index (κ3) is 1.80. The number of hydrogen-bond donors (Lipinski definition) is 0. The van der Waals surface area contributed by atoms with Gasteiger partial charge in [-0.15, -0.1) is 0 Å². The predicted octanol–water partition coefficient (Wildman–Crippen LogP) is 1.83. The van der Waals surface area contributed by atoms with Crippen LogP contribution in [0.5, 0.6) is 5.88 Å². The lowest BCUT2D eigenvalue weighted by Gasteiger charge is -1.97. The normalized spacial score (nSPS) is 9.50. The molecule has 1 aromatic rings. The molecule has 10 heavy (non-hydrogen) atoms. The number of hydrogen-bond acceptors (Lipinski definition) is 2. The molecule has 0 radical (unpaired) electrons. The largest absolute Gasteiger partial charge is 0.481 e. The summed E-state index contributed by atoms with van der Waals surface area (Å²) in [5.41, 5.74) is 0. The second kappa shape index (κ2) is 3.14. The van der Waals surface area contributed by atoms with Gasteiger partial charge in [0.05, 0.1) is 7.11 Å². The van der Waals surface area contributed by atoms with Crippen molar-refractivity contribution in [3.05, 3.63) is 21.7 Å². The van der Waals surface area contributed by atoms with Crippen LogP contribution in [0.15, 0.2) is 12.1 Å². The maximum atomic E-state index is 12.5. The maximum absolute atomic E-state index is 12.5. The molecule has 0 amide bonds. The van der Waals surface area contributed by atoms with E-state index >= 15 is 0 Å². The van der Waals surface area contributed by atoms with Crippen molar-refractivity contribution < 1.29 is 9.13 Å². The Morgan fingerprint density at radius 1 is 1.60 bits per heavy atom. The van der Waals surface area contributed by atoms with E-state index in [4.69, 9.17) is 4.74 Å². The van der Waals surface area contributed by atoms with Gasteiger partial charge in [-0.1, -0.05) is 0 Å². The Hall–Kier alpha value is -0.390. The second-order valence-electron chi connectivity index (χ2n) is 1.65. The molecular formula is C6H5FINO. The maximum Gasteiger partial charge on any atom is 0.216 e. The SMILES string of the molecule is COc1cc(F)cc(I)n1. The Bertz CT molecular complexity index is 221. The van der Waals surface area contributed by atoms with Crippen molar-refractivity contribution in [3.63, 3.8) is 0 Å². The van der Waals surface area contributed by atoms with E-state index in [1.807, 2.05) is 22.6 Å². The van der Waals surface area contributed by atoms with E-state index in [1.54, 1.807) is 0 Å². The van der Waals surface area contributed by atoms with Crippen molar-refractivity contribution in [2.75, 3.05) is 7.11 Å². The summed E-state index contributed by atoms with van der Waals surface area (Å²) in [4.78, 5) is 3.88. The van der Waals surface area contributed by atoms with Crippen molar-refractivity contribution in [1.29, 1.82) is 0 Å². The Morgan fingerprint density at radius 2 is 2.30 bits per heavy atom. The minimum absolute atomic E-state index is 0.310. The Labute approximate surface area is 71.6 Å². The van der Waals surface area contributed by atoms with Gasteiger partial charge in [-0.2, -0.15) is 0 Å². The average molecular weight is 253 g/mol. The molecule has 0 saturated carbocycles. The van der Waals surface area contributed by atoms with E-state index in [9.17, 15) is 4.39 Å². The molecule has 0 aliphatic carbocycles. The molecule has 54 valence electrons. The summed E-state index contributed by atoms with van der Waals surface area (Å²) in [5.74, 6) is -0.0133. The number of pyridine rings is 1. The van der Waals surface area contributed by atoms with Crippen LogP contribution in [0.4, 0.5) is 4.39 Å². The molecular weight excluding hydrogens is 248 g/mol. The van der Waals surface area contributed by atoms with Crippen LogP contribution in [-0.4, -0.2) is 12.1 Å². The van der Waals surface area contributed by atoms with Gasteiger partial charge in [-0.25, -0.2) is 9.37 Å². The van der Waals surface area contributed by atoms with Gasteiger partial charge in [0.15, 0.2) is 0 Å². The summed E-state index contributed by atoms with van der Waals surface area (Å²) < 4.78 is 17.8. The number of methoxy groups -OCH3 is 1. The van der Waals surface area contributed by atoms with Crippen LogP contribution in [0, 0.1) is 9.52 Å². The number of nitrogens with zero attached hydrogens (tertiary/aromatic N) is 1. The van der Waals surface area contributed by atoms with Gasteiger partial charge in [0, 0.05) is 12.1 Å². The number of rotatable bonds is 1. The summed E-state index contributed by atoms with van der Waals surface area (Å²) in [6.45, 7) is 0. The van der Waals surface area contributed by atoms with Crippen molar-refractivity contribution in [1.82, 2.24) is 4.98 Å². The Kier molecular flexibility index (Phi) is 2.42. The molecule has 1 rings (SSSR count). The van der Waals surface area contributed by atoms with Crippen molar-refractivity contribution in [2.45, 2.75) is 0 Å². The molecule has 0 aromatic carbocycles. The first-order valence-electron chi connectivity index (χ1n) is 2.59. The van der Waals surface area contributed by atoms with Crippen LogP contribution < -0.4 is 4.74 Å². The quantitative estimate of drug-likeness (QED) is 0.562. The van der Waals surface area contributed by atoms with Crippen LogP contribution in [0.3, 0.4) is 0 Å². The zero-order chi connectivity index (χ0) is 7.56. The summed E-state index contributed by atoms with van der Waals surface area (Å²) >= 11 is 1.92. The first kappa shape index (κ1) is 7.71. The summed E-state index contributed by atoms with van der Waals surface area (Å²) in [6, 6.07) is 2.57. The van der Waals surface area contributed by atoms with Crippen molar-refractivity contribution >= 4 is 22.6 Å². The van der Waals surface area contributed by atoms with Gasteiger partial charge in [-0.05, 0) is 22.6 Å². The molecule has 0 bridgehead atoms. The molecule has 0 N–H and O–H groups in total. The molecule has 1 heterocycles. The average Bonchev–Trinajstić information content (AvgIpc) is 1.85. The minimum Gasteiger partial charge on any atom is -0.481 e. The third-order valence-electron chi connectivity index (χ3n) is 0.944. The highest BCUT2D eigenvalue weighted by molar-refractivity contribution is 14.1. The first-order chi connectivity index (χ1) is 4.72. The van der Waals surface area contributed by atoms with Gasteiger partial charge in [0.25, 0.3) is 0 Å². The molecule has 1 aromatic heterocycles. The van der Waals surface area contributed by atoms with Gasteiger partial charge < -0.3 is 4.74 Å². The van der Waals surface area contributed by atoms with E-state index in [1.165, 1.54) is 19.2 Å². The van der Waals surface area contributed by atoms with Gasteiger partial charge >= 0.3 is 0 Å². The van der Waals surface area contributed by atoms with E-state index < -0.39 is 0 Å². The topological polar surface area (TPSA) is 22.1 Å². The molecule has 0 aliphatic heterocycles. The predicted molar refractivity (Wildman–Crippen MR) is 43.5 cm³/mol. The smallest absolute Gasteiger partial charge is 0.216 e. The summed E-state index contributed by atoms with van der Waals surface area (Å²) in [7, 11) is 1.46. The monoisotopic (exact) mass is 253 g/mol. The number of aromatic nitrogens is 1. The lowest BCUT2D eigenvalue weighted by atomic mass is 10.5. The van der Waals surface area contributed by atoms with Crippen LogP contribution >= 0.6 is 22.6 Å². The van der Waals surface area contributed by atoms with Crippen molar-refractivity contribution in [3.8, 4) is 5.88 Å². The van der Waals surface area contributed by atoms with Gasteiger partial charge in [0.2, 0.25) is 5.88 Å². The first-order valence-corrected chi connectivity index (χ1v) is 3.67. The highest BCUT2D eigenvalue weighted by Gasteiger charge is 1.98. The van der Waals surface area contributed by atoms with E-state index in [-0.39, 0.29) is 5.82 Å². The minimum atomic E-state index is -0.323. The Morgan fingerprint density at radius 3 is 2.80 bits per heavy atom. The zero-order valence-corrected chi connectivity index (χ0v) is 7.42. The van der Waals surface area contributed by atoms with Crippen LogP contribution in [-0.2, 0) is 0 Å². The standard InChI is InChI=1S/C6H5FINO/c1-10-6-3-4(7)2-5(8)9-6/h2-3H,1H3. The Balaban J connectivity index is 3.06. The lowest BCUT2D eigenvalue weighted by Crippen LogP contribution is -1.90. The van der Waals surface area contributed by atoms with Gasteiger partial charge in [0.1, 0.15) is 9.52 Å². The molecule has 2 nitrogen and oxygen atoms in total. The third-order valence-corrected chi connectivity index (χ3v) is 1.50. The van der Waals surface area contributed by atoms with E-state index in [0.717, 1.165) is 0 Å². The zero-order valence-electron chi connectivity index (χ0n) is 5.27. The fourth-order valence-electron chi connectivity index (χ4n) is 0.548. The fourth-order valence-corrected chi connectivity index (χ4v) is 1.08. The number of halogens is 2. The van der Waals surface area contributed by atoms with Crippen molar-refractivity contribution in [2.24, 2.45) is 0 Å². The molecule has 0 atom stereocenters. The highest BCUT2D eigenvalue weighted by Crippen LogP contribution is 2.11. The van der Waals surface area contributed by atoms with Crippen LogP contribution in [0.25, 0.3) is 0 Å². The summed E-state index contributed by atoms with van der Waals surface area (Å²) in [6.07, 6.45) is 0. The number of ether oxygens (including phenoxy) is 1. The summed E-state index contributed by atoms with van der Waals surface area (Å²) in [5, 5.41) is 0.